The van der Waals surface area contributed by atoms with Crippen LogP contribution in [0.4, 0.5) is 0 Å². The van der Waals surface area contributed by atoms with Crippen molar-refractivity contribution in [2.75, 3.05) is 0 Å². The molecule has 0 radical (unpaired) electrons. The molecule has 1 aliphatic rings. The summed E-state index contributed by atoms with van der Waals surface area (Å²) in [6.45, 7) is 0. The summed E-state index contributed by atoms with van der Waals surface area (Å²) in [5, 5.41) is 5.99. The zero-order valence-corrected chi connectivity index (χ0v) is 15.3. The Morgan fingerprint density at radius 1 is 1.08 bits per heavy atom. The van der Waals surface area contributed by atoms with E-state index in [0.29, 0.717) is 11.4 Å². The van der Waals surface area contributed by atoms with Crippen molar-refractivity contribution in [3.63, 3.8) is 0 Å². The van der Waals surface area contributed by atoms with E-state index in [0.717, 1.165) is 38.6 Å². The zero-order valence-electron chi connectivity index (χ0n) is 13.7. The summed E-state index contributed by atoms with van der Waals surface area (Å²) >= 11 is 7.59. The van der Waals surface area contributed by atoms with Gasteiger partial charge in [0.25, 0.3) is 0 Å². The second-order valence-corrected chi connectivity index (χ2v) is 7.91. The van der Waals surface area contributed by atoms with Gasteiger partial charge < -0.3 is 0 Å². The largest absolute Gasteiger partial charge is 0.294 e. The van der Waals surface area contributed by atoms with E-state index in [1.807, 2.05) is 53.2 Å². The Morgan fingerprint density at radius 3 is 2.69 bits per heavy atom. The highest BCUT2D eigenvalue weighted by Gasteiger charge is 2.30. The molecule has 0 fully saturated rings. The average Bonchev–Trinajstić information content (AvgIpc) is 3.26. The van der Waals surface area contributed by atoms with Crippen LogP contribution in [0.5, 0.6) is 0 Å². The molecule has 1 unspecified atom stereocenters. The van der Waals surface area contributed by atoms with Gasteiger partial charge in [0.15, 0.2) is 5.78 Å². The molecule has 0 saturated heterocycles. The van der Waals surface area contributed by atoms with Gasteiger partial charge >= 0.3 is 0 Å². The number of ketones is 1. The highest BCUT2D eigenvalue weighted by molar-refractivity contribution is 7.20. The number of thiazole rings is 1. The Morgan fingerprint density at radius 2 is 1.88 bits per heavy atom. The van der Waals surface area contributed by atoms with E-state index in [9.17, 15) is 4.79 Å². The van der Waals surface area contributed by atoms with Crippen LogP contribution in [-0.2, 0) is 6.42 Å². The Labute approximate surface area is 159 Å². The third-order valence-corrected chi connectivity index (χ3v) is 6.11. The van der Waals surface area contributed by atoms with E-state index in [1.54, 1.807) is 17.5 Å². The summed E-state index contributed by atoms with van der Waals surface area (Å²) in [7, 11) is 0. The quantitative estimate of drug-likeness (QED) is 0.489. The van der Waals surface area contributed by atoms with Crippen molar-refractivity contribution in [3.05, 3.63) is 76.6 Å². The van der Waals surface area contributed by atoms with Gasteiger partial charge in [-0.25, -0.2) is 9.67 Å². The first-order chi connectivity index (χ1) is 12.7. The maximum atomic E-state index is 12.7. The Balaban J connectivity index is 1.57. The minimum absolute atomic E-state index is 0.136. The molecule has 0 saturated carbocycles. The number of carbonyl (C=O) groups is 1. The van der Waals surface area contributed by atoms with Gasteiger partial charge in [-0.2, -0.15) is 5.10 Å². The fraction of sp³-hybridized carbons (Fsp3) is 0.150. The second kappa shape index (κ2) is 6.04. The Hall–Kier alpha value is -2.50. The van der Waals surface area contributed by atoms with Crippen LogP contribution in [-0.4, -0.2) is 20.5 Å². The van der Waals surface area contributed by atoms with Gasteiger partial charge in [0.2, 0.25) is 5.13 Å². The van der Waals surface area contributed by atoms with E-state index in [2.05, 4.69) is 10.1 Å². The zero-order chi connectivity index (χ0) is 17.7. The molecule has 4 aromatic rings. The summed E-state index contributed by atoms with van der Waals surface area (Å²) in [5.74, 6) is 0.274. The Bertz CT molecular complexity index is 1100. The topological polar surface area (TPSA) is 47.8 Å². The smallest absolute Gasteiger partial charge is 0.211 e. The molecule has 2 heterocycles. The lowest BCUT2D eigenvalue weighted by molar-refractivity contribution is 0.0964. The number of para-hydroxylation sites is 1. The molecule has 2 aromatic heterocycles. The molecular weight excluding hydrogens is 366 g/mol. The number of Topliss-reactive ketones (excluding diaryl/α,β-unsaturated/α-hetero) is 1. The molecule has 1 atom stereocenters. The lowest BCUT2D eigenvalue weighted by Crippen LogP contribution is -2.20. The van der Waals surface area contributed by atoms with Crippen LogP contribution >= 0.6 is 22.9 Å². The standard InChI is InChI=1S/C20H14ClN3OS/c21-14-7-5-12(6-8-14)13-9-17-15(18(25)10-13)11-22-24(17)20-23-16-3-1-2-4-19(16)26-20/h1-8,11,13H,9-10H2. The summed E-state index contributed by atoms with van der Waals surface area (Å²) in [6.07, 6.45) is 2.95. The molecular formula is C20H14ClN3OS. The fourth-order valence-corrected chi connectivity index (χ4v) is 4.60. The number of hydrogen-bond donors (Lipinski definition) is 0. The van der Waals surface area contributed by atoms with Crippen LogP contribution in [0.3, 0.4) is 0 Å². The number of aromatic nitrogens is 3. The SMILES string of the molecule is O=C1CC(c2ccc(Cl)cc2)Cc2c1cnn2-c1nc2ccccc2s1. The highest BCUT2D eigenvalue weighted by Crippen LogP contribution is 2.35. The van der Waals surface area contributed by atoms with Crippen molar-refractivity contribution < 1.29 is 4.79 Å². The molecule has 0 N–H and O–H groups in total. The predicted octanol–water partition coefficient (Wildman–Crippen LogP) is 5.05. The van der Waals surface area contributed by atoms with E-state index in [1.165, 1.54) is 0 Å². The van der Waals surface area contributed by atoms with Crippen LogP contribution in [0, 0.1) is 0 Å². The first-order valence-corrected chi connectivity index (χ1v) is 9.60. The van der Waals surface area contributed by atoms with Crippen molar-refractivity contribution in [2.24, 2.45) is 0 Å². The number of hydrogen-bond acceptors (Lipinski definition) is 4. The van der Waals surface area contributed by atoms with Gasteiger partial charge in [-0.1, -0.05) is 47.2 Å². The maximum absolute atomic E-state index is 12.7. The monoisotopic (exact) mass is 379 g/mol. The molecule has 4 nitrogen and oxygen atoms in total. The van der Waals surface area contributed by atoms with Crippen molar-refractivity contribution in [3.8, 4) is 5.13 Å². The lowest BCUT2D eigenvalue weighted by Gasteiger charge is -2.22. The molecule has 0 bridgehead atoms. The minimum Gasteiger partial charge on any atom is -0.294 e. The number of halogens is 1. The summed E-state index contributed by atoms with van der Waals surface area (Å²) in [6, 6.07) is 15.8. The summed E-state index contributed by atoms with van der Waals surface area (Å²) in [5.41, 5.74) is 3.74. The Kier molecular flexibility index (Phi) is 3.65. The molecule has 0 aliphatic heterocycles. The summed E-state index contributed by atoms with van der Waals surface area (Å²) < 4.78 is 2.95. The van der Waals surface area contributed by atoms with E-state index in [4.69, 9.17) is 11.6 Å². The van der Waals surface area contributed by atoms with Crippen LogP contribution in [0.25, 0.3) is 15.3 Å². The van der Waals surface area contributed by atoms with Crippen LogP contribution in [0.1, 0.15) is 34.0 Å². The van der Waals surface area contributed by atoms with Crippen LogP contribution < -0.4 is 0 Å². The molecule has 1 aliphatic carbocycles. The second-order valence-electron chi connectivity index (χ2n) is 6.46. The van der Waals surface area contributed by atoms with E-state index in [-0.39, 0.29) is 11.7 Å². The van der Waals surface area contributed by atoms with Crippen molar-refractivity contribution in [2.45, 2.75) is 18.8 Å². The fourth-order valence-electron chi connectivity index (χ4n) is 3.53. The number of nitrogens with zero attached hydrogens (tertiary/aromatic N) is 3. The molecule has 0 spiro atoms. The lowest BCUT2D eigenvalue weighted by atomic mass is 9.82. The first kappa shape index (κ1) is 15.7. The van der Waals surface area contributed by atoms with Gasteiger partial charge in [0.05, 0.1) is 27.7 Å². The molecule has 0 amide bonds. The van der Waals surface area contributed by atoms with Gasteiger partial charge in [0.1, 0.15) is 0 Å². The average molecular weight is 380 g/mol. The molecule has 128 valence electrons. The first-order valence-electron chi connectivity index (χ1n) is 8.40. The van der Waals surface area contributed by atoms with Crippen molar-refractivity contribution in [1.29, 1.82) is 0 Å². The number of fused-ring (bicyclic) bond motifs is 2. The van der Waals surface area contributed by atoms with Crippen LogP contribution in [0.2, 0.25) is 5.02 Å². The third kappa shape index (κ3) is 2.55. The van der Waals surface area contributed by atoms with E-state index >= 15 is 0 Å². The predicted molar refractivity (Wildman–Crippen MR) is 104 cm³/mol. The molecule has 6 heteroatoms. The normalized spacial score (nSPS) is 16.8. The van der Waals surface area contributed by atoms with Gasteiger partial charge in [-0.3, -0.25) is 4.79 Å². The molecule has 2 aromatic carbocycles. The molecule has 5 rings (SSSR count). The number of carbonyl (C=O) groups excluding carboxylic acids is 1. The van der Waals surface area contributed by atoms with Gasteiger partial charge in [-0.05, 0) is 42.2 Å². The minimum atomic E-state index is 0.136. The van der Waals surface area contributed by atoms with Crippen molar-refractivity contribution >= 4 is 38.9 Å². The van der Waals surface area contributed by atoms with Gasteiger partial charge in [-0.15, -0.1) is 0 Å². The van der Waals surface area contributed by atoms with Gasteiger partial charge in [0, 0.05) is 11.4 Å². The maximum Gasteiger partial charge on any atom is 0.211 e. The van der Waals surface area contributed by atoms with Crippen LogP contribution in [0.15, 0.2) is 54.7 Å². The molecule has 26 heavy (non-hydrogen) atoms. The van der Waals surface area contributed by atoms with Crippen molar-refractivity contribution in [1.82, 2.24) is 14.8 Å². The number of benzene rings is 2. The highest BCUT2D eigenvalue weighted by atomic mass is 35.5. The summed E-state index contributed by atoms with van der Waals surface area (Å²) in [4.78, 5) is 17.3. The van der Waals surface area contributed by atoms with E-state index < -0.39 is 0 Å². The number of rotatable bonds is 2. The third-order valence-electron chi connectivity index (χ3n) is 4.85.